The quantitative estimate of drug-likeness (QED) is 0.241. The standard InChI is InChI=1S/C32H26N2O9/c1-2-32(43-29(38)23-16-10-5-11-17-23)26(42-28(37)22-14-8-4-9-15-22)24(20-40-27(36)21-12-6-3-7-13-21)41-30(32)34-19-18-25(35)33-31(34)39/h1,3-17,24,26,30H,18-20H2,(H,33,35,39)/t24-,26-,30-,32-/m1/s1. The fraction of sp³-hybridized carbons (Fsp3) is 0.219. The van der Waals surface area contributed by atoms with Crippen molar-refractivity contribution in [1.29, 1.82) is 0 Å². The Morgan fingerprint density at radius 3 is 1.93 bits per heavy atom. The molecule has 2 heterocycles. The van der Waals surface area contributed by atoms with Gasteiger partial charge in [0, 0.05) is 13.0 Å². The third-order valence-electron chi connectivity index (χ3n) is 6.93. The number of amides is 3. The minimum atomic E-state index is -2.22. The first kappa shape index (κ1) is 29.0. The lowest BCUT2D eigenvalue weighted by atomic mass is 9.92. The van der Waals surface area contributed by atoms with Crippen LogP contribution in [0.4, 0.5) is 4.79 Å². The van der Waals surface area contributed by atoms with Gasteiger partial charge in [0.15, 0.2) is 12.3 Å². The number of ether oxygens (including phenoxy) is 4. The summed E-state index contributed by atoms with van der Waals surface area (Å²) in [5, 5.41) is 2.19. The van der Waals surface area contributed by atoms with Crippen molar-refractivity contribution in [2.24, 2.45) is 0 Å². The number of rotatable bonds is 8. The Morgan fingerprint density at radius 1 is 0.860 bits per heavy atom. The molecular weight excluding hydrogens is 556 g/mol. The predicted molar refractivity (Wildman–Crippen MR) is 149 cm³/mol. The number of imide groups is 1. The number of terminal acetylenes is 1. The fourth-order valence-corrected chi connectivity index (χ4v) is 4.80. The van der Waals surface area contributed by atoms with E-state index in [1.807, 2.05) is 0 Å². The molecule has 0 spiro atoms. The zero-order valence-electron chi connectivity index (χ0n) is 22.7. The molecule has 3 aromatic carbocycles. The van der Waals surface area contributed by atoms with Crippen LogP contribution in [0.25, 0.3) is 0 Å². The van der Waals surface area contributed by atoms with E-state index in [2.05, 4.69) is 11.2 Å². The topological polar surface area (TPSA) is 138 Å². The van der Waals surface area contributed by atoms with Gasteiger partial charge in [-0.1, -0.05) is 60.5 Å². The van der Waals surface area contributed by atoms with Gasteiger partial charge in [-0.2, -0.15) is 0 Å². The largest absolute Gasteiger partial charge is 0.459 e. The van der Waals surface area contributed by atoms with Gasteiger partial charge in [0.2, 0.25) is 5.91 Å². The first-order chi connectivity index (χ1) is 20.8. The molecule has 4 atom stereocenters. The van der Waals surface area contributed by atoms with Gasteiger partial charge in [0.05, 0.1) is 16.7 Å². The van der Waals surface area contributed by atoms with Crippen molar-refractivity contribution in [3.8, 4) is 12.3 Å². The van der Waals surface area contributed by atoms with Crippen molar-refractivity contribution in [2.75, 3.05) is 13.2 Å². The Labute approximate surface area is 246 Å². The molecule has 2 saturated heterocycles. The summed E-state index contributed by atoms with van der Waals surface area (Å²) in [6, 6.07) is 23.2. The van der Waals surface area contributed by atoms with Gasteiger partial charge in [-0.05, 0) is 36.4 Å². The van der Waals surface area contributed by atoms with Crippen LogP contribution in [-0.4, -0.2) is 71.9 Å². The highest BCUT2D eigenvalue weighted by Gasteiger charge is 2.65. The zero-order valence-corrected chi connectivity index (χ0v) is 22.7. The van der Waals surface area contributed by atoms with Crippen LogP contribution >= 0.6 is 0 Å². The Bertz CT molecular complexity index is 1560. The Kier molecular flexibility index (Phi) is 8.50. The second kappa shape index (κ2) is 12.6. The van der Waals surface area contributed by atoms with Crippen LogP contribution in [0.5, 0.6) is 0 Å². The minimum absolute atomic E-state index is 0.0962. The number of hydrogen-bond donors (Lipinski definition) is 1. The molecular formula is C32H26N2O9. The van der Waals surface area contributed by atoms with E-state index in [0.29, 0.717) is 0 Å². The SMILES string of the molecule is C#C[C@@]1(OC(=O)c2ccccc2)[C@H](OC(=O)c2ccccc2)[C@@H](COC(=O)c2ccccc2)O[C@H]1N1CCC(=O)NC1=O. The number of carbonyl (C=O) groups is 5. The summed E-state index contributed by atoms with van der Waals surface area (Å²) in [5.74, 6) is -0.516. The lowest BCUT2D eigenvalue weighted by Crippen LogP contribution is -2.63. The molecule has 3 amide bonds. The first-order valence-electron chi connectivity index (χ1n) is 13.3. The van der Waals surface area contributed by atoms with E-state index < -0.39 is 60.5 Å². The molecule has 0 saturated carbocycles. The molecule has 11 nitrogen and oxygen atoms in total. The molecule has 0 aromatic heterocycles. The smallest absolute Gasteiger partial charge is 0.339 e. The van der Waals surface area contributed by atoms with Crippen LogP contribution in [0.3, 0.4) is 0 Å². The normalized spacial score (nSPS) is 23.0. The average Bonchev–Trinajstić information content (AvgIpc) is 3.33. The predicted octanol–water partition coefficient (Wildman–Crippen LogP) is 2.96. The van der Waals surface area contributed by atoms with E-state index in [9.17, 15) is 24.0 Å². The van der Waals surface area contributed by atoms with E-state index in [1.54, 1.807) is 66.7 Å². The maximum atomic E-state index is 13.4. The molecule has 0 bridgehead atoms. The van der Waals surface area contributed by atoms with Crippen LogP contribution in [0.2, 0.25) is 0 Å². The molecule has 218 valence electrons. The van der Waals surface area contributed by atoms with Gasteiger partial charge in [-0.15, -0.1) is 6.42 Å². The summed E-state index contributed by atoms with van der Waals surface area (Å²) in [6.07, 6.45) is 1.56. The zero-order chi connectivity index (χ0) is 30.4. The molecule has 11 heteroatoms. The number of hydrogen-bond acceptors (Lipinski definition) is 9. The van der Waals surface area contributed by atoms with E-state index in [4.69, 9.17) is 25.4 Å². The van der Waals surface area contributed by atoms with E-state index in [0.717, 1.165) is 4.90 Å². The molecule has 5 rings (SSSR count). The monoisotopic (exact) mass is 582 g/mol. The molecule has 2 aliphatic rings. The summed E-state index contributed by atoms with van der Waals surface area (Å²) in [6.45, 7) is -0.630. The first-order valence-corrected chi connectivity index (χ1v) is 13.3. The van der Waals surface area contributed by atoms with Gasteiger partial charge < -0.3 is 18.9 Å². The highest BCUT2D eigenvalue weighted by molar-refractivity contribution is 5.97. The number of nitrogens with one attached hydrogen (secondary N) is 1. The van der Waals surface area contributed by atoms with Crippen molar-refractivity contribution >= 4 is 29.8 Å². The third-order valence-corrected chi connectivity index (χ3v) is 6.93. The number of carbonyl (C=O) groups excluding carboxylic acids is 5. The van der Waals surface area contributed by atoms with E-state index in [-0.39, 0.29) is 29.7 Å². The third kappa shape index (κ3) is 6.10. The van der Waals surface area contributed by atoms with Crippen LogP contribution in [-0.2, 0) is 23.7 Å². The summed E-state index contributed by atoms with van der Waals surface area (Å²) in [7, 11) is 0. The highest BCUT2D eigenvalue weighted by Crippen LogP contribution is 2.40. The molecule has 0 aliphatic carbocycles. The summed E-state index contributed by atoms with van der Waals surface area (Å²) < 4.78 is 23.5. The molecule has 0 radical (unpaired) electrons. The van der Waals surface area contributed by atoms with Crippen molar-refractivity contribution in [1.82, 2.24) is 10.2 Å². The van der Waals surface area contributed by atoms with Gasteiger partial charge in [-0.3, -0.25) is 15.0 Å². The summed E-state index contributed by atoms with van der Waals surface area (Å²) >= 11 is 0. The molecule has 43 heavy (non-hydrogen) atoms. The van der Waals surface area contributed by atoms with Crippen LogP contribution < -0.4 is 5.32 Å². The Balaban J connectivity index is 1.54. The van der Waals surface area contributed by atoms with Crippen molar-refractivity contribution in [2.45, 2.75) is 30.5 Å². The fourth-order valence-electron chi connectivity index (χ4n) is 4.80. The molecule has 2 aliphatic heterocycles. The number of esters is 3. The van der Waals surface area contributed by atoms with E-state index in [1.165, 1.54) is 24.3 Å². The second-order valence-electron chi connectivity index (χ2n) is 9.67. The summed E-state index contributed by atoms with van der Waals surface area (Å²) in [4.78, 5) is 65.5. The van der Waals surface area contributed by atoms with Crippen molar-refractivity contribution < 1.29 is 42.9 Å². The molecule has 1 N–H and O–H groups in total. The maximum absolute atomic E-state index is 13.4. The average molecular weight is 583 g/mol. The molecule has 3 aromatic rings. The second-order valence-corrected chi connectivity index (χ2v) is 9.67. The van der Waals surface area contributed by atoms with Gasteiger partial charge >= 0.3 is 23.9 Å². The van der Waals surface area contributed by atoms with Gasteiger partial charge in [0.1, 0.15) is 12.7 Å². The Hall–Kier alpha value is -5.47. The number of nitrogens with zero attached hydrogens (tertiary/aromatic N) is 1. The minimum Gasteiger partial charge on any atom is -0.459 e. The maximum Gasteiger partial charge on any atom is 0.339 e. The number of benzene rings is 3. The lowest BCUT2D eigenvalue weighted by Gasteiger charge is -2.39. The molecule has 0 unspecified atom stereocenters. The number of urea groups is 1. The van der Waals surface area contributed by atoms with Crippen molar-refractivity contribution in [3.63, 3.8) is 0 Å². The van der Waals surface area contributed by atoms with Crippen LogP contribution in [0.15, 0.2) is 91.0 Å². The van der Waals surface area contributed by atoms with E-state index >= 15 is 0 Å². The van der Waals surface area contributed by atoms with Gasteiger partial charge in [0.25, 0.3) is 5.60 Å². The summed E-state index contributed by atoms with van der Waals surface area (Å²) in [5.41, 5.74) is -1.69. The van der Waals surface area contributed by atoms with Gasteiger partial charge in [-0.25, -0.2) is 19.2 Å². The van der Waals surface area contributed by atoms with Crippen molar-refractivity contribution in [3.05, 3.63) is 108 Å². The Morgan fingerprint density at radius 2 is 1.40 bits per heavy atom. The van der Waals surface area contributed by atoms with Crippen LogP contribution in [0, 0.1) is 12.3 Å². The molecule has 2 fully saturated rings. The highest BCUT2D eigenvalue weighted by atomic mass is 16.7. The lowest BCUT2D eigenvalue weighted by molar-refractivity contribution is -0.130. The van der Waals surface area contributed by atoms with Crippen LogP contribution in [0.1, 0.15) is 37.5 Å².